The zero-order valence-corrected chi connectivity index (χ0v) is 12.8. The second-order valence-electron chi connectivity index (χ2n) is 4.54. The molecule has 1 atom stereocenters. The van der Waals surface area contributed by atoms with E-state index in [1.54, 1.807) is 19.1 Å². The normalized spacial score (nSPS) is 12.9. The Morgan fingerprint density at radius 2 is 1.75 bits per heavy atom. The van der Waals surface area contributed by atoms with E-state index >= 15 is 0 Å². The van der Waals surface area contributed by atoms with Gasteiger partial charge in [-0.3, -0.25) is 0 Å². The fraction of sp³-hybridized carbons (Fsp3) is 0.200. The van der Waals surface area contributed by atoms with Crippen LogP contribution in [0.3, 0.4) is 0 Å². The van der Waals surface area contributed by atoms with Crippen molar-refractivity contribution in [2.45, 2.75) is 24.8 Å². The fourth-order valence-corrected chi connectivity index (χ4v) is 3.16. The van der Waals surface area contributed by atoms with Crippen molar-refractivity contribution in [1.82, 2.24) is 0 Å². The van der Waals surface area contributed by atoms with Crippen LogP contribution in [0.15, 0.2) is 53.4 Å². The van der Waals surface area contributed by atoms with Gasteiger partial charge in [-0.05, 0) is 43.2 Å². The number of aryl methyl sites for hydroxylation is 1. The molecule has 3 nitrogen and oxygen atoms in total. The van der Waals surface area contributed by atoms with Crippen molar-refractivity contribution in [3.63, 3.8) is 0 Å². The van der Waals surface area contributed by atoms with Crippen molar-refractivity contribution >= 4 is 19.7 Å². The van der Waals surface area contributed by atoms with Crippen molar-refractivity contribution < 1.29 is 13.2 Å². The molecule has 0 saturated carbocycles. The minimum atomic E-state index is -3.71. The predicted molar refractivity (Wildman–Crippen MR) is 79.7 cm³/mol. The largest absolute Gasteiger partial charge is 0.486 e. The van der Waals surface area contributed by atoms with Crippen molar-refractivity contribution in [1.29, 1.82) is 0 Å². The Bertz CT molecular complexity index is 696. The molecule has 1 unspecified atom stereocenters. The molecular weight excluding hydrogens is 296 g/mol. The first-order chi connectivity index (χ1) is 9.38. The second kappa shape index (κ2) is 5.85. The van der Waals surface area contributed by atoms with E-state index in [1.165, 1.54) is 6.07 Å². The third-order valence-electron chi connectivity index (χ3n) is 2.99. The Balaban J connectivity index is 2.21. The van der Waals surface area contributed by atoms with Crippen molar-refractivity contribution in [2.75, 3.05) is 0 Å². The van der Waals surface area contributed by atoms with Crippen LogP contribution in [0, 0.1) is 6.92 Å². The summed E-state index contributed by atoms with van der Waals surface area (Å²) in [6, 6.07) is 14.6. The summed E-state index contributed by atoms with van der Waals surface area (Å²) in [5, 5.41) is 0. The molecule has 106 valence electrons. The van der Waals surface area contributed by atoms with Crippen LogP contribution in [0.1, 0.15) is 24.2 Å². The van der Waals surface area contributed by atoms with E-state index in [0.717, 1.165) is 5.56 Å². The summed E-state index contributed by atoms with van der Waals surface area (Å²) in [7, 11) is 1.63. The number of hydrogen-bond donors (Lipinski definition) is 0. The lowest BCUT2D eigenvalue weighted by molar-refractivity contribution is 0.226. The topological polar surface area (TPSA) is 43.4 Å². The smallest absolute Gasteiger partial charge is 0.261 e. The highest BCUT2D eigenvalue weighted by molar-refractivity contribution is 8.13. The van der Waals surface area contributed by atoms with Gasteiger partial charge in [-0.2, -0.15) is 0 Å². The Labute approximate surface area is 123 Å². The van der Waals surface area contributed by atoms with E-state index in [2.05, 4.69) is 0 Å². The van der Waals surface area contributed by atoms with Gasteiger partial charge in [-0.1, -0.05) is 30.3 Å². The van der Waals surface area contributed by atoms with Crippen LogP contribution in [0.25, 0.3) is 0 Å². The van der Waals surface area contributed by atoms with Crippen LogP contribution in [-0.2, 0) is 9.05 Å². The molecule has 0 amide bonds. The number of hydrogen-bond acceptors (Lipinski definition) is 3. The Kier molecular flexibility index (Phi) is 4.35. The maximum atomic E-state index is 11.3. The van der Waals surface area contributed by atoms with Gasteiger partial charge in [0, 0.05) is 10.7 Å². The predicted octanol–water partition coefficient (Wildman–Crippen LogP) is 4.06. The summed E-state index contributed by atoms with van der Waals surface area (Å²) >= 11 is 0. The molecule has 0 fully saturated rings. The molecule has 0 radical (unpaired) electrons. The first-order valence-electron chi connectivity index (χ1n) is 6.15. The molecule has 2 rings (SSSR count). The Morgan fingerprint density at radius 3 is 2.30 bits per heavy atom. The monoisotopic (exact) mass is 310 g/mol. The molecule has 0 N–H and O–H groups in total. The lowest BCUT2D eigenvalue weighted by Crippen LogP contribution is -2.03. The van der Waals surface area contributed by atoms with E-state index in [0.29, 0.717) is 11.3 Å². The van der Waals surface area contributed by atoms with Gasteiger partial charge < -0.3 is 4.74 Å². The highest BCUT2D eigenvalue weighted by Gasteiger charge is 2.14. The summed E-state index contributed by atoms with van der Waals surface area (Å²) in [6.07, 6.45) is -0.117. The molecule has 20 heavy (non-hydrogen) atoms. The summed E-state index contributed by atoms with van der Waals surface area (Å²) in [5.41, 5.74) is 1.62. The zero-order valence-electron chi connectivity index (χ0n) is 11.2. The number of benzene rings is 2. The molecule has 0 aliphatic rings. The number of halogens is 1. The first kappa shape index (κ1) is 14.9. The molecule has 5 heteroatoms. The van der Waals surface area contributed by atoms with Crippen LogP contribution in [0.5, 0.6) is 5.75 Å². The highest BCUT2D eigenvalue weighted by atomic mass is 35.7. The molecule has 0 bridgehead atoms. The molecular formula is C15H15ClO3S. The lowest BCUT2D eigenvalue weighted by atomic mass is 10.1. The molecule has 0 aliphatic carbocycles. The van der Waals surface area contributed by atoms with E-state index in [-0.39, 0.29) is 11.0 Å². The SMILES string of the molecule is Cc1cc(OC(C)c2ccccc2)ccc1S(=O)(=O)Cl. The summed E-state index contributed by atoms with van der Waals surface area (Å²) in [5.74, 6) is 0.614. The quantitative estimate of drug-likeness (QED) is 0.800. The Morgan fingerprint density at radius 1 is 1.10 bits per heavy atom. The summed E-state index contributed by atoms with van der Waals surface area (Å²) in [6.45, 7) is 3.63. The maximum Gasteiger partial charge on any atom is 0.261 e. The van der Waals surface area contributed by atoms with Gasteiger partial charge in [0.05, 0.1) is 4.90 Å². The molecule has 0 aliphatic heterocycles. The van der Waals surface area contributed by atoms with Gasteiger partial charge in [-0.15, -0.1) is 0 Å². The lowest BCUT2D eigenvalue weighted by Gasteiger charge is -2.16. The molecule has 0 saturated heterocycles. The van der Waals surface area contributed by atoms with Crippen molar-refractivity contribution in [3.8, 4) is 5.75 Å². The minimum Gasteiger partial charge on any atom is -0.486 e. The third kappa shape index (κ3) is 3.52. The maximum absolute atomic E-state index is 11.3. The van der Waals surface area contributed by atoms with Gasteiger partial charge in [-0.25, -0.2) is 8.42 Å². The van der Waals surface area contributed by atoms with Crippen molar-refractivity contribution in [3.05, 3.63) is 59.7 Å². The molecule has 2 aromatic carbocycles. The standard InChI is InChI=1S/C15H15ClO3S/c1-11-10-14(8-9-15(11)20(16,17)18)19-12(2)13-6-4-3-5-7-13/h3-10,12H,1-2H3. The second-order valence-corrected chi connectivity index (χ2v) is 7.07. The molecule has 0 heterocycles. The van der Waals surface area contributed by atoms with Crippen LogP contribution in [0.4, 0.5) is 0 Å². The zero-order chi connectivity index (χ0) is 14.8. The van der Waals surface area contributed by atoms with E-state index in [4.69, 9.17) is 15.4 Å². The molecule has 2 aromatic rings. The highest BCUT2D eigenvalue weighted by Crippen LogP contribution is 2.27. The third-order valence-corrected chi connectivity index (χ3v) is 4.47. The van der Waals surface area contributed by atoms with E-state index in [1.807, 2.05) is 37.3 Å². The van der Waals surface area contributed by atoms with Gasteiger partial charge in [0.15, 0.2) is 0 Å². The van der Waals surface area contributed by atoms with Gasteiger partial charge in [0.25, 0.3) is 9.05 Å². The van der Waals surface area contributed by atoms with Gasteiger partial charge in [0.1, 0.15) is 11.9 Å². The number of rotatable bonds is 4. The van der Waals surface area contributed by atoms with Gasteiger partial charge in [0.2, 0.25) is 0 Å². The fourth-order valence-electron chi connectivity index (χ4n) is 1.96. The van der Waals surface area contributed by atoms with Crippen LogP contribution < -0.4 is 4.74 Å². The molecule has 0 aromatic heterocycles. The average Bonchev–Trinajstić information content (AvgIpc) is 2.38. The van der Waals surface area contributed by atoms with Gasteiger partial charge >= 0.3 is 0 Å². The van der Waals surface area contributed by atoms with Crippen LogP contribution >= 0.6 is 10.7 Å². The van der Waals surface area contributed by atoms with Crippen molar-refractivity contribution in [2.24, 2.45) is 0 Å². The molecule has 0 spiro atoms. The van der Waals surface area contributed by atoms with Crippen LogP contribution in [0.2, 0.25) is 0 Å². The van der Waals surface area contributed by atoms with Crippen LogP contribution in [-0.4, -0.2) is 8.42 Å². The average molecular weight is 311 g/mol. The first-order valence-corrected chi connectivity index (χ1v) is 8.46. The minimum absolute atomic E-state index is 0.110. The van der Waals surface area contributed by atoms with E-state index < -0.39 is 9.05 Å². The summed E-state index contributed by atoms with van der Waals surface area (Å²) < 4.78 is 28.5. The van der Waals surface area contributed by atoms with E-state index in [9.17, 15) is 8.42 Å². The summed E-state index contributed by atoms with van der Waals surface area (Å²) in [4.78, 5) is 0.110. The Hall–Kier alpha value is -1.52. The number of ether oxygens (including phenoxy) is 1.